The van der Waals surface area contributed by atoms with Crippen molar-refractivity contribution < 1.29 is 13.2 Å². The Hall–Kier alpha value is -1.04. The van der Waals surface area contributed by atoms with Crippen LogP contribution in [0.5, 0.6) is 0 Å². The molecule has 20 heavy (non-hydrogen) atoms. The van der Waals surface area contributed by atoms with E-state index in [1.807, 2.05) is 20.8 Å². The standard InChI is InChI=1S/C14H20F3N3/c1-12(2,3)11-19-9-8-18-7-4-10(9)20(11)13(5-6-13)14(15,16)17/h18H,4-8H2,1-3H3. The number of alkyl halides is 3. The van der Waals surface area contributed by atoms with E-state index in [4.69, 9.17) is 0 Å². The number of rotatable bonds is 1. The highest BCUT2D eigenvalue weighted by Gasteiger charge is 2.66. The molecule has 1 aliphatic carbocycles. The van der Waals surface area contributed by atoms with Crippen LogP contribution in [-0.4, -0.2) is 22.3 Å². The Morgan fingerprint density at radius 1 is 1.20 bits per heavy atom. The Morgan fingerprint density at radius 2 is 1.85 bits per heavy atom. The summed E-state index contributed by atoms with van der Waals surface area (Å²) in [5.74, 6) is 0.570. The SMILES string of the molecule is CC(C)(C)c1nc2c(n1C1(C(F)(F)F)CC1)CCNC2. The van der Waals surface area contributed by atoms with Gasteiger partial charge in [0.15, 0.2) is 0 Å². The Balaban J connectivity index is 2.21. The molecular weight excluding hydrogens is 267 g/mol. The summed E-state index contributed by atoms with van der Waals surface area (Å²) < 4.78 is 42.1. The van der Waals surface area contributed by atoms with Crippen LogP contribution in [0.1, 0.15) is 50.8 Å². The zero-order valence-electron chi connectivity index (χ0n) is 12.1. The molecule has 2 aliphatic rings. The van der Waals surface area contributed by atoms with E-state index in [2.05, 4.69) is 10.3 Å². The normalized spacial score (nSPS) is 21.7. The maximum absolute atomic E-state index is 13.5. The van der Waals surface area contributed by atoms with Crippen LogP contribution in [0.2, 0.25) is 0 Å². The van der Waals surface area contributed by atoms with E-state index in [1.165, 1.54) is 4.57 Å². The Bertz CT molecular complexity index is 533. The molecule has 0 amide bonds. The molecule has 3 nitrogen and oxygen atoms in total. The van der Waals surface area contributed by atoms with Crippen molar-refractivity contribution in [1.29, 1.82) is 0 Å². The number of hydrogen-bond donors (Lipinski definition) is 1. The average Bonchev–Trinajstić information content (AvgIpc) is 3.02. The predicted molar refractivity (Wildman–Crippen MR) is 69.6 cm³/mol. The molecule has 3 rings (SSSR count). The molecular formula is C14H20F3N3. The van der Waals surface area contributed by atoms with E-state index in [-0.39, 0.29) is 12.8 Å². The lowest BCUT2D eigenvalue weighted by molar-refractivity contribution is -0.181. The molecule has 1 aliphatic heterocycles. The number of nitrogens with zero attached hydrogens (tertiary/aromatic N) is 2. The van der Waals surface area contributed by atoms with Gasteiger partial charge in [-0.25, -0.2) is 4.98 Å². The third kappa shape index (κ3) is 1.88. The van der Waals surface area contributed by atoms with Crippen LogP contribution >= 0.6 is 0 Å². The number of nitrogens with one attached hydrogen (secondary N) is 1. The fourth-order valence-corrected chi connectivity index (χ4v) is 3.03. The van der Waals surface area contributed by atoms with Crippen LogP contribution in [-0.2, 0) is 23.9 Å². The molecule has 0 saturated heterocycles. The van der Waals surface area contributed by atoms with Gasteiger partial charge in [0.2, 0.25) is 0 Å². The largest absolute Gasteiger partial charge is 0.411 e. The van der Waals surface area contributed by atoms with Crippen LogP contribution in [0, 0.1) is 0 Å². The van der Waals surface area contributed by atoms with Gasteiger partial charge in [0.25, 0.3) is 0 Å². The van der Waals surface area contributed by atoms with E-state index in [9.17, 15) is 13.2 Å². The number of imidazole rings is 1. The first-order chi connectivity index (χ1) is 9.17. The van der Waals surface area contributed by atoms with Crippen LogP contribution in [0.4, 0.5) is 13.2 Å². The van der Waals surface area contributed by atoms with Crippen LogP contribution in [0.15, 0.2) is 0 Å². The van der Waals surface area contributed by atoms with Gasteiger partial charge in [0.1, 0.15) is 11.4 Å². The quantitative estimate of drug-likeness (QED) is 0.860. The van der Waals surface area contributed by atoms with Crippen molar-refractivity contribution >= 4 is 0 Å². The zero-order valence-corrected chi connectivity index (χ0v) is 12.1. The lowest BCUT2D eigenvalue weighted by atomic mass is 9.95. The van der Waals surface area contributed by atoms with Crippen LogP contribution < -0.4 is 5.32 Å². The van der Waals surface area contributed by atoms with Crippen molar-refractivity contribution in [1.82, 2.24) is 14.9 Å². The van der Waals surface area contributed by atoms with E-state index < -0.39 is 17.1 Å². The Morgan fingerprint density at radius 3 is 2.35 bits per heavy atom. The summed E-state index contributed by atoms with van der Waals surface area (Å²) in [6, 6.07) is 0. The predicted octanol–water partition coefficient (Wildman–Crippen LogP) is 2.88. The second kappa shape index (κ2) is 4.00. The molecule has 6 heteroatoms. The van der Waals surface area contributed by atoms with Gasteiger partial charge in [0.05, 0.1) is 5.69 Å². The molecule has 1 aromatic heterocycles. The molecule has 1 N–H and O–H groups in total. The first-order valence-corrected chi connectivity index (χ1v) is 7.06. The molecule has 1 saturated carbocycles. The maximum atomic E-state index is 13.5. The lowest BCUT2D eigenvalue weighted by Gasteiger charge is -2.30. The minimum atomic E-state index is -4.20. The molecule has 0 bridgehead atoms. The molecule has 2 heterocycles. The summed E-state index contributed by atoms with van der Waals surface area (Å²) in [6.45, 7) is 7.07. The van der Waals surface area contributed by atoms with E-state index in [0.717, 1.165) is 17.9 Å². The van der Waals surface area contributed by atoms with Gasteiger partial charge in [-0.1, -0.05) is 20.8 Å². The third-order valence-electron chi connectivity index (χ3n) is 4.24. The van der Waals surface area contributed by atoms with Crippen molar-refractivity contribution in [2.24, 2.45) is 0 Å². The number of hydrogen-bond acceptors (Lipinski definition) is 2. The topological polar surface area (TPSA) is 29.9 Å². The molecule has 1 fully saturated rings. The van der Waals surface area contributed by atoms with Gasteiger partial charge >= 0.3 is 6.18 Å². The van der Waals surface area contributed by atoms with Crippen molar-refractivity contribution in [3.05, 3.63) is 17.2 Å². The van der Waals surface area contributed by atoms with Crippen molar-refractivity contribution in [2.75, 3.05) is 6.54 Å². The number of aromatic nitrogens is 2. The van der Waals surface area contributed by atoms with E-state index >= 15 is 0 Å². The monoisotopic (exact) mass is 287 g/mol. The van der Waals surface area contributed by atoms with E-state index in [1.54, 1.807) is 0 Å². The summed E-state index contributed by atoms with van der Waals surface area (Å²) in [6.07, 6.45) is -3.23. The fraction of sp³-hybridized carbons (Fsp3) is 0.786. The summed E-state index contributed by atoms with van der Waals surface area (Å²) in [5.41, 5.74) is -0.522. The molecule has 112 valence electrons. The molecule has 1 aromatic rings. The molecule has 0 radical (unpaired) electrons. The van der Waals surface area contributed by atoms with Crippen LogP contribution in [0.3, 0.4) is 0 Å². The number of fused-ring (bicyclic) bond motifs is 1. The fourth-order valence-electron chi connectivity index (χ4n) is 3.03. The van der Waals surface area contributed by atoms with Gasteiger partial charge in [-0.05, 0) is 12.8 Å². The van der Waals surface area contributed by atoms with Crippen molar-refractivity contribution in [2.45, 2.75) is 63.7 Å². The maximum Gasteiger partial charge on any atom is 0.411 e. The zero-order chi connectivity index (χ0) is 14.8. The summed E-state index contributed by atoms with van der Waals surface area (Å²) in [5, 5.41) is 3.19. The lowest BCUT2D eigenvalue weighted by Crippen LogP contribution is -2.40. The van der Waals surface area contributed by atoms with Gasteiger partial charge < -0.3 is 9.88 Å². The van der Waals surface area contributed by atoms with Gasteiger partial charge in [-0.2, -0.15) is 13.2 Å². The molecule has 0 aromatic carbocycles. The summed E-state index contributed by atoms with van der Waals surface area (Å²) >= 11 is 0. The van der Waals surface area contributed by atoms with Crippen molar-refractivity contribution in [3.63, 3.8) is 0 Å². The summed E-state index contributed by atoms with van der Waals surface area (Å²) in [7, 11) is 0. The smallest absolute Gasteiger partial charge is 0.316 e. The Kier molecular flexibility index (Phi) is 2.78. The first-order valence-electron chi connectivity index (χ1n) is 7.06. The second-order valence-corrected chi connectivity index (χ2v) is 6.87. The minimum Gasteiger partial charge on any atom is -0.316 e. The Labute approximate surface area is 116 Å². The van der Waals surface area contributed by atoms with Crippen LogP contribution in [0.25, 0.3) is 0 Å². The second-order valence-electron chi connectivity index (χ2n) is 6.87. The number of halogens is 3. The third-order valence-corrected chi connectivity index (χ3v) is 4.24. The van der Waals surface area contributed by atoms with Gasteiger partial charge in [-0.3, -0.25) is 0 Å². The average molecular weight is 287 g/mol. The highest BCUT2D eigenvalue weighted by atomic mass is 19.4. The van der Waals surface area contributed by atoms with Gasteiger partial charge in [0, 0.05) is 30.6 Å². The highest BCUT2D eigenvalue weighted by Crippen LogP contribution is 2.57. The minimum absolute atomic E-state index is 0.176. The molecule has 0 atom stereocenters. The van der Waals surface area contributed by atoms with Gasteiger partial charge in [-0.15, -0.1) is 0 Å². The van der Waals surface area contributed by atoms with Crippen molar-refractivity contribution in [3.8, 4) is 0 Å². The van der Waals surface area contributed by atoms with E-state index in [0.29, 0.717) is 18.8 Å². The highest BCUT2D eigenvalue weighted by molar-refractivity contribution is 5.29. The first kappa shape index (κ1) is 13.9. The molecule has 0 unspecified atom stereocenters. The molecule has 0 spiro atoms. The summed E-state index contributed by atoms with van der Waals surface area (Å²) in [4.78, 5) is 4.54.